The molecule has 0 bridgehead atoms. The Hall–Kier alpha value is -4.25. The fraction of sp³-hybridized carbons (Fsp3) is 0.306. The molecule has 2 aromatic carbocycles. The summed E-state index contributed by atoms with van der Waals surface area (Å²) in [5.74, 6) is 1.27. The van der Waals surface area contributed by atoms with Gasteiger partial charge in [0.1, 0.15) is 5.69 Å². The Kier molecular flexibility index (Phi) is 8.51. The van der Waals surface area contributed by atoms with Crippen LogP contribution in [0.15, 0.2) is 97.2 Å². The van der Waals surface area contributed by atoms with Gasteiger partial charge >= 0.3 is 0 Å². The molecule has 5 heteroatoms. The highest BCUT2D eigenvalue weighted by molar-refractivity contribution is 5.84. The second-order valence-corrected chi connectivity index (χ2v) is 11.2. The molecule has 0 spiro atoms. The van der Waals surface area contributed by atoms with Crippen LogP contribution in [0.3, 0.4) is 0 Å². The van der Waals surface area contributed by atoms with E-state index >= 15 is 0 Å². The molecule has 1 amide bonds. The van der Waals surface area contributed by atoms with E-state index in [9.17, 15) is 4.79 Å². The first-order valence-electron chi connectivity index (χ1n) is 15.0. The zero-order valence-corrected chi connectivity index (χ0v) is 23.6. The Bertz CT molecular complexity index is 1490. The molecule has 2 aliphatic carbocycles. The van der Waals surface area contributed by atoms with Crippen molar-refractivity contribution in [1.29, 1.82) is 0 Å². The first-order chi connectivity index (χ1) is 20.3. The van der Waals surface area contributed by atoms with Crippen LogP contribution in [0.4, 0.5) is 0 Å². The SMILES string of the molecule is O=C(NCc1ccccc1)C(c1ccc(Cn2c(-c3ccccn3)nc3c2CC=CC=C3)cc1)C1CCCCCC1. The largest absolute Gasteiger partial charge is 0.351 e. The molecule has 0 aliphatic heterocycles. The van der Waals surface area contributed by atoms with Gasteiger partial charge in [0.15, 0.2) is 5.82 Å². The van der Waals surface area contributed by atoms with Crippen LogP contribution in [-0.2, 0) is 24.3 Å². The lowest BCUT2D eigenvalue weighted by molar-refractivity contribution is -0.124. The van der Waals surface area contributed by atoms with Crippen LogP contribution in [0.25, 0.3) is 17.6 Å². The van der Waals surface area contributed by atoms with Crippen LogP contribution in [-0.4, -0.2) is 20.4 Å². The Morgan fingerprint density at radius 3 is 2.41 bits per heavy atom. The average molecular weight is 543 g/mol. The highest BCUT2D eigenvalue weighted by Gasteiger charge is 2.30. The minimum Gasteiger partial charge on any atom is -0.351 e. The van der Waals surface area contributed by atoms with Crippen molar-refractivity contribution in [3.63, 3.8) is 0 Å². The number of imidazole rings is 1. The summed E-state index contributed by atoms with van der Waals surface area (Å²) in [6.07, 6.45) is 18.2. The molecule has 6 rings (SSSR count). The molecular formula is C36H38N4O. The van der Waals surface area contributed by atoms with Crippen LogP contribution in [0.2, 0.25) is 0 Å². The van der Waals surface area contributed by atoms with Crippen LogP contribution >= 0.6 is 0 Å². The van der Waals surface area contributed by atoms with Gasteiger partial charge in [0, 0.05) is 31.4 Å². The highest BCUT2D eigenvalue weighted by atomic mass is 16.1. The molecule has 1 saturated carbocycles. The Labute approximate surface area is 243 Å². The van der Waals surface area contributed by atoms with Crippen molar-refractivity contribution in [3.05, 3.63) is 125 Å². The Balaban J connectivity index is 1.27. The molecular weight excluding hydrogens is 504 g/mol. The van der Waals surface area contributed by atoms with Crippen molar-refractivity contribution < 1.29 is 4.79 Å². The topological polar surface area (TPSA) is 59.8 Å². The summed E-state index contributed by atoms with van der Waals surface area (Å²) in [4.78, 5) is 23.3. The fourth-order valence-electron chi connectivity index (χ4n) is 6.31. The molecule has 2 heterocycles. The molecule has 0 radical (unpaired) electrons. The third-order valence-corrected chi connectivity index (χ3v) is 8.45. The number of carbonyl (C=O) groups excluding carboxylic acids is 1. The maximum Gasteiger partial charge on any atom is 0.228 e. The van der Waals surface area contributed by atoms with Crippen molar-refractivity contribution in [2.24, 2.45) is 5.92 Å². The molecule has 2 aromatic heterocycles. The third kappa shape index (κ3) is 6.40. The number of amides is 1. The highest BCUT2D eigenvalue weighted by Crippen LogP contribution is 2.36. The molecule has 2 aliphatic rings. The summed E-state index contributed by atoms with van der Waals surface area (Å²) in [6, 6.07) is 24.9. The molecule has 1 fully saturated rings. The minimum atomic E-state index is -0.130. The van der Waals surface area contributed by atoms with Crippen LogP contribution in [0, 0.1) is 5.92 Å². The third-order valence-electron chi connectivity index (χ3n) is 8.45. The summed E-state index contributed by atoms with van der Waals surface area (Å²) >= 11 is 0. The van der Waals surface area contributed by atoms with Gasteiger partial charge < -0.3 is 9.88 Å². The standard InChI is InChI=1S/C36H38N4O/c41-36(38-25-27-13-5-3-6-14-27)34(29-15-7-1-2-8-16-29)30-22-20-28(21-23-30)26-40-33-19-10-4-9-17-31(33)39-35(40)32-18-11-12-24-37-32/h3-6,9-14,17-18,20-24,29,34H,1-2,7-8,15-16,19,25-26H2,(H,38,41). The zero-order chi connectivity index (χ0) is 27.9. The van der Waals surface area contributed by atoms with Gasteiger partial charge in [-0.25, -0.2) is 4.98 Å². The van der Waals surface area contributed by atoms with E-state index in [1.165, 1.54) is 36.9 Å². The maximum absolute atomic E-state index is 13.7. The summed E-state index contributed by atoms with van der Waals surface area (Å²) in [6.45, 7) is 1.26. The number of pyridine rings is 1. The molecule has 4 aromatic rings. The van der Waals surface area contributed by atoms with Gasteiger partial charge in [-0.2, -0.15) is 0 Å². The molecule has 208 valence electrons. The minimum absolute atomic E-state index is 0.130. The van der Waals surface area contributed by atoms with Crippen molar-refractivity contribution in [2.75, 3.05) is 0 Å². The van der Waals surface area contributed by atoms with Crippen molar-refractivity contribution >= 4 is 12.0 Å². The van der Waals surface area contributed by atoms with Crippen molar-refractivity contribution in [3.8, 4) is 11.5 Å². The average Bonchev–Trinajstić information content (AvgIpc) is 3.22. The first-order valence-corrected chi connectivity index (χ1v) is 15.0. The summed E-state index contributed by atoms with van der Waals surface area (Å²) in [5.41, 5.74) is 6.49. The number of rotatable bonds is 8. The number of hydrogen-bond donors (Lipinski definition) is 1. The van der Waals surface area contributed by atoms with Crippen LogP contribution in [0.5, 0.6) is 0 Å². The van der Waals surface area contributed by atoms with Gasteiger partial charge in [-0.15, -0.1) is 0 Å². The molecule has 1 unspecified atom stereocenters. The number of allylic oxidation sites excluding steroid dienone is 3. The summed E-state index contributed by atoms with van der Waals surface area (Å²) < 4.78 is 2.29. The summed E-state index contributed by atoms with van der Waals surface area (Å²) in [5, 5.41) is 3.26. The monoisotopic (exact) mass is 542 g/mol. The van der Waals surface area contributed by atoms with Gasteiger partial charge in [0.25, 0.3) is 0 Å². The number of benzene rings is 2. The number of hydrogen-bond acceptors (Lipinski definition) is 3. The molecule has 41 heavy (non-hydrogen) atoms. The lowest BCUT2D eigenvalue weighted by atomic mass is 9.80. The van der Waals surface area contributed by atoms with E-state index in [-0.39, 0.29) is 11.8 Å². The molecule has 5 nitrogen and oxygen atoms in total. The zero-order valence-electron chi connectivity index (χ0n) is 23.6. The van der Waals surface area contributed by atoms with Gasteiger partial charge in [0.2, 0.25) is 5.91 Å². The predicted molar refractivity (Wildman–Crippen MR) is 165 cm³/mol. The van der Waals surface area contributed by atoms with E-state index in [0.29, 0.717) is 19.0 Å². The van der Waals surface area contributed by atoms with E-state index in [1.54, 1.807) is 0 Å². The van der Waals surface area contributed by atoms with Crippen molar-refractivity contribution in [1.82, 2.24) is 19.9 Å². The molecule has 0 saturated heterocycles. The lowest BCUT2D eigenvalue weighted by Gasteiger charge is -2.26. The second kappa shape index (κ2) is 12.9. The number of aromatic nitrogens is 3. The van der Waals surface area contributed by atoms with Crippen LogP contribution in [0.1, 0.15) is 72.5 Å². The number of nitrogens with zero attached hydrogens (tertiary/aromatic N) is 3. The Morgan fingerprint density at radius 1 is 0.878 bits per heavy atom. The lowest BCUT2D eigenvalue weighted by Crippen LogP contribution is -2.33. The fourth-order valence-corrected chi connectivity index (χ4v) is 6.31. The van der Waals surface area contributed by atoms with Crippen LogP contribution < -0.4 is 5.32 Å². The van der Waals surface area contributed by atoms with E-state index in [1.807, 2.05) is 42.6 Å². The van der Waals surface area contributed by atoms with E-state index in [4.69, 9.17) is 4.98 Å². The van der Waals surface area contributed by atoms with Gasteiger partial charge in [-0.1, -0.05) is 105 Å². The smallest absolute Gasteiger partial charge is 0.228 e. The quantitative estimate of drug-likeness (QED) is 0.235. The van der Waals surface area contributed by atoms with Gasteiger partial charge in [0.05, 0.1) is 11.6 Å². The van der Waals surface area contributed by atoms with E-state index in [2.05, 4.69) is 75.6 Å². The first kappa shape index (κ1) is 26.9. The summed E-state index contributed by atoms with van der Waals surface area (Å²) in [7, 11) is 0. The number of nitrogens with one attached hydrogen (secondary N) is 1. The van der Waals surface area contributed by atoms with E-state index < -0.39 is 0 Å². The van der Waals surface area contributed by atoms with Gasteiger partial charge in [-0.05, 0) is 53.7 Å². The predicted octanol–water partition coefficient (Wildman–Crippen LogP) is 7.49. The number of fused-ring (bicyclic) bond motifs is 1. The molecule has 1 N–H and O–H groups in total. The maximum atomic E-state index is 13.7. The molecule has 1 atom stereocenters. The second-order valence-electron chi connectivity index (χ2n) is 11.2. The van der Waals surface area contributed by atoms with Crippen molar-refractivity contribution in [2.45, 2.75) is 64.0 Å². The normalized spacial score (nSPS) is 16.0. The number of carbonyl (C=O) groups is 1. The Morgan fingerprint density at radius 2 is 1.66 bits per heavy atom. The van der Waals surface area contributed by atoms with Gasteiger partial charge in [-0.3, -0.25) is 9.78 Å². The van der Waals surface area contributed by atoms with E-state index in [0.717, 1.165) is 47.6 Å².